The van der Waals surface area contributed by atoms with E-state index in [-0.39, 0.29) is 18.8 Å². The zero-order valence-corrected chi connectivity index (χ0v) is 108. The van der Waals surface area contributed by atoms with Crippen LogP contribution in [0.3, 0.4) is 0 Å². The van der Waals surface area contributed by atoms with E-state index >= 15 is 0 Å². The molecule has 0 N–H and O–H groups in total. The van der Waals surface area contributed by atoms with Gasteiger partial charge in [0.25, 0.3) is 0 Å². The van der Waals surface area contributed by atoms with Crippen molar-refractivity contribution in [1.82, 2.24) is 0 Å². The van der Waals surface area contributed by atoms with Crippen LogP contribution in [0.15, 0.2) is 0 Å². The predicted molar refractivity (Wildman–Crippen MR) is 640 cm³/mol. The van der Waals surface area contributed by atoms with Crippen molar-refractivity contribution in [3.8, 4) is 0 Å². The van der Waals surface area contributed by atoms with Crippen LogP contribution in [0.2, 0.25) is 0 Å². The minimum Gasteiger partial charge on any atom is -1.00 e. The Kier molecular flexibility index (Phi) is 117. The Balaban J connectivity index is -0.000000128. The van der Waals surface area contributed by atoms with Gasteiger partial charge < -0.3 is 33.9 Å². The van der Waals surface area contributed by atoms with Crippen molar-refractivity contribution in [2.75, 3.05) is 173 Å². The van der Waals surface area contributed by atoms with Gasteiger partial charge in [-0.05, 0) is 173 Å². The van der Waals surface area contributed by atoms with E-state index in [1.54, 1.807) is 129 Å². The first-order valence-electron chi connectivity index (χ1n) is 58.4. The molecule has 0 aromatic rings. The Morgan fingerprint density at radius 1 is 0.127 bits per heavy atom. The van der Waals surface area contributed by atoms with Crippen LogP contribution in [0, 0.1) is 37.9 Å². The summed E-state index contributed by atoms with van der Waals surface area (Å²) in [6.07, 6.45) is 103. The Hall–Kier alpha value is 2.67. The molecule has 0 aromatic carbocycles. The largest absolute Gasteiger partial charge is 1.00 e. The molecule has 3 nitrogen and oxygen atoms in total. The quantitative estimate of drug-likeness (QED) is 0.0346. The molecular weight excluding hydrogens is 1780 g/mol. The van der Waals surface area contributed by atoms with Gasteiger partial charge >= 0.3 is 0 Å². The van der Waals surface area contributed by atoms with E-state index in [0.29, 0.717) is 37.9 Å². The summed E-state index contributed by atoms with van der Waals surface area (Å²) in [5, 5.41) is 25.2. The minimum absolute atomic E-state index is 0. The second-order valence-electron chi connectivity index (χ2n) is 51.3. The van der Waals surface area contributed by atoms with E-state index < -0.39 is 58.2 Å². The summed E-state index contributed by atoms with van der Waals surface area (Å²) in [4.78, 5) is 0. The summed E-state index contributed by atoms with van der Waals surface area (Å²) in [6.45, 7) is 101. The third-order valence-corrected chi connectivity index (χ3v) is 64.3. The zero-order chi connectivity index (χ0) is 102. The van der Waals surface area contributed by atoms with Gasteiger partial charge in [-0.2, -0.15) is 0 Å². The molecule has 134 heavy (non-hydrogen) atoms. The van der Waals surface area contributed by atoms with Crippen LogP contribution in [-0.2, 0) is 0 Å². The lowest BCUT2D eigenvalue weighted by molar-refractivity contribution is -0.479. The smallest absolute Gasteiger partial charge is 0.0642 e. The van der Waals surface area contributed by atoms with Gasteiger partial charge in [-0.3, -0.25) is 7.32 Å². The molecule has 0 unspecified atom stereocenters. The molecule has 0 saturated heterocycles. The van der Waals surface area contributed by atoms with Crippen molar-refractivity contribution < 1.29 is 33.9 Å². The minimum atomic E-state index is -2.92. The van der Waals surface area contributed by atoms with Crippen molar-refractivity contribution in [3.63, 3.8) is 0 Å². The SMILES string of the molecule is CCCC[P+](CCCC)(CCCC)CC(C)(C)C.CCCC[P+](CCCC)(CCCC)CC(C)(C)C.CCCC[P+](CCCC)(CCCC)CC(C)(C)C.CCCC[P+](CCCC)(CCCC)CC(C)(C)C.CCCC[P+](CCCC)(CCCC)CC(C)(C)C.CCCC[P+](CCCC)(CCCC)CC(C)(C)C.CCCC[P+](CCCC)(CCCC)CC(C)(C)C.[F-].[F-].[F-].[F-].[O-]B([O-])[O-]. The van der Waals surface area contributed by atoms with E-state index in [4.69, 9.17) is 15.1 Å². The number of hydrogen-bond donors (Lipinski definition) is 0. The van der Waals surface area contributed by atoms with Gasteiger partial charge in [-0.1, -0.05) is 426 Å². The highest BCUT2D eigenvalue weighted by atomic mass is 31.2. The number of hydrogen-bond acceptors (Lipinski definition) is 3. The highest BCUT2D eigenvalue weighted by molar-refractivity contribution is 7.78. The van der Waals surface area contributed by atoms with Crippen LogP contribution in [0.5, 0.6) is 0 Å². The summed E-state index contributed by atoms with van der Waals surface area (Å²) >= 11 is 0. The monoisotopic (exact) mass is 2050 g/mol. The van der Waals surface area contributed by atoms with Crippen LogP contribution >= 0.6 is 50.8 Å². The Labute approximate surface area is 857 Å². The molecule has 0 heterocycles. The van der Waals surface area contributed by atoms with E-state index in [2.05, 4.69) is 291 Å². The standard InChI is InChI=1S/7C17H38P.BO3.4FH/c7*1-7-10-13-18(14-11-8-2,15-12-9-3)16-17(4,5)6;2-1(3)4;;;;/h7*7-16H2,1-6H3;;4*1H/q7*+1;-3;;;;/p-4. The number of unbranched alkanes of at least 4 members (excludes halogenated alkanes) is 21. The Morgan fingerprint density at radius 2 is 0.172 bits per heavy atom. The first-order valence-corrected chi connectivity index (χ1v) is 76.1. The van der Waals surface area contributed by atoms with Crippen LogP contribution in [0.25, 0.3) is 0 Å². The first-order chi connectivity index (χ1) is 60.5. The van der Waals surface area contributed by atoms with Gasteiger partial charge in [0.2, 0.25) is 0 Å². The van der Waals surface area contributed by atoms with Crippen molar-refractivity contribution in [2.24, 2.45) is 37.9 Å². The maximum absolute atomic E-state index is 8.42. The molecule has 0 atom stereocenters. The van der Waals surface area contributed by atoms with E-state index in [1.165, 1.54) is 313 Å². The zero-order valence-electron chi connectivity index (χ0n) is 101. The molecule has 0 amide bonds. The van der Waals surface area contributed by atoms with Gasteiger partial charge in [0.1, 0.15) is 0 Å². The van der Waals surface area contributed by atoms with Crippen molar-refractivity contribution >= 4 is 58.2 Å². The average Bonchev–Trinajstić information content (AvgIpc) is 0.884. The molecule has 0 aromatic heterocycles. The molecule has 826 valence electrons. The van der Waals surface area contributed by atoms with Crippen LogP contribution < -0.4 is 33.9 Å². The van der Waals surface area contributed by atoms with Gasteiger partial charge in [-0.25, -0.2) is 0 Å². The van der Waals surface area contributed by atoms with Gasteiger partial charge in [0, 0.05) is 50.8 Å². The second kappa shape index (κ2) is 96.5. The molecule has 0 fully saturated rings. The lowest BCUT2D eigenvalue weighted by atomic mass is 10.0. The summed E-state index contributed by atoms with van der Waals surface area (Å²) in [7, 11) is -7.59. The number of rotatable bonds is 70. The maximum Gasteiger partial charge on any atom is 0.0642 e. The lowest BCUT2D eigenvalue weighted by Gasteiger charge is -2.35. The Bertz CT molecular complexity index is 1710. The summed E-state index contributed by atoms with van der Waals surface area (Å²) in [5.41, 5.74) is 3.72. The average molecular weight is 2050 g/mol. The third kappa shape index (κ3) is 107. The molecule has 0 aliphatic carbocycles. The van der Waals surface area contributed by atoms with Crippen molar-refractivity contribution in [2.45, 2.75) is 560 Å². The maximum atomic E-state index is 8.42. The van der Waals surface area contributed by atoms with Crippen LogP contribution in [0.1, 0.15) is 560 Å². The third-order valence-electron chi connectivity index (χ3n) is 26.4. The Morgan fingerprint density at radius 3 is 0.201 bits per heavy atom. The molecule has 0 radical (unpaired) electrons. The summed E-state index contributed by atoms with van der Waals surface area (Å²) < 4.78 is 0. The highest BCUT2D eigenvalue weighted by Crippen LogP contribution is 2.69. The van der Waals surface area contributed by atoms with E-state index in [9.17, 15) is 0 Å². The molecule has 0 aliphatic rings. The summed E-state index contributed by atoms with van der Waals surface area (Å²) in [5.74, 6) is 0. The molecule has 0 bridgehead atoms. The predicted octanol–water partition coefficient (Wildman–Crippen LogP) is 29.2. The molecular formula is C119H266BF4O3P7. The van der Waals surface area contributed by atoms with E-state index in [0.717, 1.165) is 0 Å². The topological polar surface area (TPSA) is 69.2 Å². The highest BCUT2D eigenvalue weighted by Gasteiger charge is 2.46. The second-order valence-corrected chi connectivity index (χ2v) is 81.7. The van der Waals surface area contributed by atoms with Gasteiger partial charge in [0.15, 0.2) is 0 Å². The molecule has 0 aliphatic heterocycles. The summed E-state index contributed by atoms with van der Waals surface area (Å²) in [6, 6.07) is 0. The first kappa shape index (κ1) is 162. The number of halogens is 4. The fraction of sp³-hybridized carbons (Fsp3) is 1.00. The molecule has 0 rings (SSSR count). The van der Waals surface area contributed by atoms with E-state index in [1.807, 2.05) is 0 Å². The fourth-order valence-electron chi connectivity index (χ4n) is 21.4. The molecule has 15 heteroatoms. The van der Waals surface area contributed by atoms with Crippen LogP contribution in [-0.4, -0.2) is 180 Å². The lowest BCUT2D eigenvalue weighted by Crippen LogP contribution is -3.00. The van der Waals surface area contributed by atoms with Crippen molar-refractivity contribution in [1.29, 1.82) is 0 Å². The fourth-order valence-corrected chi connectivity index (χ4v) is 64.2. The normalized spacial score (nSPS) is 12.4. The molecule has 0 spiro atoms. The van der Waals surface area contributed by atoms with Gasteiger partial charge in [0.05, 0.1) is 173 Å². The van der Waals surface area contributed by atoms with Crippen molar-refractivity contribution in [3.05, 3.63) is 0 Å². The van der Waals surface area contributed by atoms with Gasteiger partial charge in [-0.15, -0.1) is 0 Å². The molecule has 0 saturated carbocycles. The van der Waals surface area contributed by atoms with Crippen LogP contribution in [0.4, 0.5) is 0 Å².